The maximum atomic E-state index is 11.7. The zero-order valence-electron chi connectivity index (χ0n) is 10.2. The number of nitrogens with zero attached hydrogens (tertiary/aromatic N) is 5. The molecule has 4 rings (SSSR count). The highest BCUT2D eigenvalue weighted by molar-refractivity contribution is 7.99. The summed E-state index contributed by atoms with van der Waals surface area (Å²) in [5.74, 6) is 0.153. The molecule has 1 aliphatic carbocycles. The second kappa shape index (κ2) is 4.07. The minimum atomic E-state index is -0.194. The summed E-state index contributed by atoms with van der Waals surface area (Å²) in [5, 5.41) is 15.2. The second-order valence-corrected chi connectivity index (χ2v) is 5.49. The van der Waals surface area contributed by atoms with Gasteiger partial charge < -0.3 is 5.73 Å². The van der Waals surface area contributed by atoms with Crippen LogP contribution in [0.1, 0.15) is 18.9 Å². The summed E-state index contributed by atoms with van der Waals surface area (Å²) in [4.78, 5) is 20.0. The van der Waals surface area contributed by atoms with E-state index in [4.69, 9.17) is 5.73 Å². The Morgan fingerprint density at radius 1 is 1.35 bits per heavy atom. The largest absolute Gasteiger partial charge is 0.368 e. The Morgan fingerprint density at radius 2 is 2.20 bits per heavy atom. The fourth-order valence-electron chi connectivity index (χ4n) is 2.01. The Balaban J connectivity index is 1.81. The van der Waals surface area contributed by atoms with Crippen molar-refractivity contribution in [3.05, 3.63) is 16.7 Å². The molecule has 1 fully saturated rings. The zero-order valence-corrected chi connectivity index (χ0v) is 11.0. The number of hydrogen-bond acceptors (Lipinski definition) is 7. The lowest BCUT2D eigenvalue weighted by molar-refractivity contribution is 0.642. The third-order valence-electron chi connectivity index (χ3n) is 3.06. The van der Waals surface area contributed by atoms with Crippen molar-refractivity contribution >= 4 is 28.7 Å². The van der Waals surface area contributed by atoms with E-state index in [0.717, 1.165) is 18.2 Å². The number of nitrogen functional groups attached to an aromatic ring is 1. The molecule has 0 aliphatic heterocycles. The lowest BCUT2D eigenvalue weighted by Crippen LogP contribution is -2.16. The van der Waals surface area contributed by atoms with Gasteiger partial charge in [-0.1, -0.05) is 0 Å². The lowest BCUT2D eigenvalue weighted by atomic mass is 10.4. The van der Waals surface area contributed by atoms with Gasteiger partial charge in [0.1, 0.15) is 5.03 Å². The van der Waals surface area contributed by atoms with E-state index in [2.05, 4.69) is 30.4 Å². The average molecular weight is 290 g/mol. The molecule has 3 heterocycles. The van der Waals surface area contributed by atoms with Gasteiger partial charge in [0.25, 0.3) is 0 Å². The van der Waals surface area contributed by atoms with E-state index in [-0.39, 0.29) is 17.7 Å². The van der Waals surface area contributed by atoms with Crippen LogP contribution in [0, 0.1) is 0 Å². The maximum Gasteiger partial charge on any atom is 0.344 e. The van der Waals surface area contributed by atoms with E-state index in [1.54, 1.807) is 10.8 Å². The van der Waals surface area contributed by atoms with Crippen molar-refractivity contribution < 1.29 is 0 Å². The van der Waals surface area contributed by atoms with Crippen LogP contribution in [0.15, 0.2) is 21.2 Å². The average Bonchev–Trinajstić information content (AvgIpc) is 3.01. The molecule has 3 aromatic rings. The number of hydrogen-bond donors (Lipinski definition) is 3. The molecule has 10 heteroatoms. The molecule has 20 heavy (non-hydrogen) atoms. The lowest BCUT2D eigenvalue weighted by Gasteiger charge is -2.04. The predicted molar refractivity (Wildman–Crippen MR) is 71.3 cm³/mol. The number of rotatable bonds is 3. The smallest absolute Gasteiger partial charge is 0.344 e. The summed E-state index contributed by atoms with van der Waals surface area (Å²) in [6, 6.07) is 0.239. The van der Waals surface area contributed by atoms with Crippen LogP contribution in [0.4, 0.5) is 5.95 Å². The molecular formula is C10H10N8OS. The highest BCUT2D eigenvalue weighted by atomic mass is 32.2. The Bertz CT molecular complexity index is 844. The van der Waals surface area contributed by atoms with Crippen LogP contribution in [0.25, 0.3) is 11.0 Å². The SMILES string of the molecule is Nc1nc(Sc2n[nH]c(=O)n2C2CC2)c2cn[nH]c2n1. The van der Waals surface area contributed by atoms with Gasteiger partial charge in [0.2, 0.25) is 5.95 Å². The fourth-order valence-corrected chi connectivity index (χ4v) is 3.00. The molecule has 1 saturated carbocycles. The Labute approximate surface area is 116 Å². The number of anilines is 1. The van der Waals surface area contributed by atoms with Crippen LogP contribution in [0.2, 0.25) is 0 Å². The van der Waals surface area contributed by atoms with Crippen molar-refractivity contribution in [2.45, 2.75) is 29.1 Å². The molecule has 0 saturated heterocycles. The Morgan fingerprint density at radius 3 is 3.00 bits per heavy atom. The number of H-pyrrole nitrogens is 2. The second-order valence-electron chi connectivity index (χ2n) is 4.53. The molecule has 9 nitrogen and oxygen atoms in total. The topological polar surface area (TPSA) is 131 Å². The molecule has 1 aliphatic rings. The van der Waals surface area contributed by atoms with Crippen LogP contribution in [0.3, 0.4) is 0 Å². The van der Waals surface area contributed by atoms with Gasteiger partial charge in [0, 0.05) is 6.04 Å². The van der Waals surface area contributed by atoms with Gasteiger partial charge in [-0.05, 0) is 24.6 Å². The van der Waals surface area contributed by atoms with E-state index in [0.29, 0.717) is 15.8 Å². The number of nitrogens with two attached hydrogens (primary N) is 1. The summed E-state index contributed by atoms with van der Waals surface area (Å²) >= 11 is 1.28. The van der Waals surface area contributed by atoms with E-state index in [1.807, 2.05) is 0 Å². The van der Waals surface area contributed by atoms with E-state index in [1.165, 1.54) is 11.8 Å². The number of nitrogens with one attached hydrogen (secondary N) is 2. The minimum absolute atomic E-state index is 0.153. The van der Waals surface area contributed by atoms with Gasteiger partial charge in [-0.2, -0.15) is 10.1 Å². The van der Waals surface area contributed by atoms with Gasteiger partial charge in [-0.25, -0.2) is 14.9 Å². The molecule has 0 unspecified atom stereocenters. The number of aromatic amines is 2. The van der Waals surface area contributed by atoms with Crippen molar-refractivity contribution in [3.63, 3.8) is 0 Å². The minimum Gasteiger partial charge on any atom is -0.368 e. The third kappa shape index (κ3) is 1.76. The van der Waals surface area contributed by atoms with Crippen molar-refractivity contribution in [2.75, 3.05) is 5.73 Å². The standard InChI is InChI=1S/C10H10N8OS/c11-8-13-6-5(3-12-15-6)7(14-8)20-10-17-16-9(19)18(10)4-1-2-4/h3-4H,1-2H2,(H,16,19)(H3,11,12,13,14,15). The molecule has 102 valence electrons. The van der Waals surface area contributed by atoms with Crippen molar-refractivity contribution in [1.82, 2.24) is 34.9 Å². The first-order valence-electron chi connectivity index (χ1n) is 6.04. The Hall–Kier alpha value is -2.36. The van der Waals surface area contributed by atoms with Gasteiger partial charge in [0.15, 0.2) is 10.8 Å². The van der Waals surface area contributed by atoms with Crippen LogP contribution < -0.4 is 11.4 Å². The van der Waals surface area contributed by atoms with E-state index >= 15 is 0 Å². The summed E-state index contributed by atoms with van der Waals surface area (Å²) in [6.07, 6.45) is 3.63. The van der Waals surface area contributed by atoms with Crippen molar-refractivity contribution in [3.8, 4) is 0 Å². The maximum absolute atomic E-state index is 11.7. The van der Waals surface area contributed by atoms with E-state index in [9.17, 15) is 4.79 Å². The van der Waals surface area contributed by atoms with Crippen LogP contribution in [-0.4, -0.2) is 34.9 Å². The molecule has 0 aromatic carbocycles. The first-order chi connectivity index (χ1) is 9.72. The van der Waals surface area contributed by atoms with Crippen LogP contribution >= 0.6 is 11.8 Å². The van der Waals surface area contributed by atoms with Gasteiger partial charge in [0.05, 0.1) is 11.6 Å². The molecule has 3 aromatic heterocycles. The van der Waals surface area contributed by atoms with Crippen molar-refractivity contribution in [1.29, 1.82) is 0 Å². The summed E-state index contributed by atoms with van der Waals surface area (Å²) in [7, 11) is 0. The summed E-state index contributed by atoms with van der Waals surface area (Å²) in [6.45, 7) is 0. The van der Waals surface area contributed by atoms with Crippen molar-refractivity contribution in [2.24, 2.45) is 0 Å². The summed E-state index contributed by atoms with van der Waals surface area (Å²) < 4.78 is 1.66. The fraction of sp³-hybridized carbons (Fsp3) is 0.300. The van der Waals surface area contributed by atoms with E-state index < -0.39 is 0 Å². The highest BCUT2D eigenvalue weighted by Crippen LogP contribution is 2.38. The summed E-state index contributed by atoms with van der Waals surface area (Å²) in [5.41, 5.74) is 6.04. The highest BCUT2D eigenvalue weighted by Gasteiger charge is 2.29. The van der Waals surface area contributed by atoms with Gasteiger partial charge in [-0.3, -0.25) is 9.67 Å². The Kier molecular flexibility index (Phi) is 2.33. The third-order valence-corrected chi connectivity index (χ3v) is 4.04. The van der Waals surface area contributed by atoms with Gasteiger partial charge >= 0.3 is 5.69 Å². The van der Waals surface area contributed by atoms with Gasteiger partial charge in [-0.15, -0.1) is 5.10 Å². The molecule has 0 atom stereocenters. The quantitative estimate of drug-likeness (QED) is 0.591. The molecule has 0 amide bonds. The molecule has 0 spiro atoms. The number of aromatic nitrogens is 7. The first kappa shape index (κ1) is 11.5. The molecule has 0 radical (unpaired) electrons. The zero-order chi connectivity index (χ0) is 13.7. The normalized spacial score (nSPS) is 15.0. The molecule has 0 bridgehead atoms. The van der Waals surface area contributed by atoms with Crippen LogP contribution in [-0.2, 0) is 0 Å². The monoisotopic (exact) mass is 290 g/mol. The molecular weight excluding hydrogens is 280 g/mol. The predicted octanol–water partition coefficient (Wildman–Crippen LogP) is 0.306. The molecule has 4 N–H and O–H groups in total. The first-order valence-corrected chi connectivity index (χ1v) is 6.85. The number of fused-ring (bicyclic) bond motifs is 1. The van der Waals surface area contributed by atoms with Crippen LogP contribution in [0.5, 0.6) is 0 Å².